The molecule has 0 fully saturated rings. The molecular formula is C11H8N2S. The van der Waals surface area contributed by atoms with Crippen molar-refractivity contribution in [2.24, 2.45) is 0 Å². The van der Waals surface area contributed by atoms with Gasteiger partial charge < -0.3 is 0 Å². The molecule has 0 radical (unpaired) electrons. The molecule has 2 aromatic rings. The maximum Gasteiger partial charge on any atom is 0.101 e. The van der Waals surface area contributed by atoms with E-state index in [0.717, 1.165) is 16.1 Å². The van der Waals surface area contributed by atoms with E-state index in [2.05, 4.69) is 11.1 Å². The second-order valence-electron chi connectivity index (χ2n) is 2.98. The molecule has 68 valence electrons. The molecule has 0 aliphatic heterocycles. The number of thiophene rings is 1. The Labute approximate surface area is 86.5 Å². The van der Waals surface area contributed by atoms with E-state index in [1.807, 2.05) is 30.5 Å². The molecule has 2 heterocycles. The third kappa shape index (κ3) is 1.52. The van der Waals surface area contributed by atoms with Gasteiger partial charge in [0.15, 0.2) is 0 Å². The lowest BCUT2D eigenvalue weighted by molar-refractivity contribution is 1.26. The van der Waals surface area contributed by atoms with Crippen molar-refractivity contribution in [1.29, 1.82) is 5.26 Å². The zero-order valence-electron chi connectivity index (χ0n) is 7.69. The average molecular weight is 200 g/mol. The molecule has 0 saturated heterocycles. The van der Waals surface area contributed by atoms with E-state index in [4.69, 9.17) is 5.26 Å². The highest BCUT2D eigenvalue weighted by molar-refractivity contribution is 7.13. The maximum absolute atomic E-state index is 8.70. The van der Waals surface area contributed by atoms with Crippen molar-refractivity contribution >= 4 is 11.3 Å². The largest absolute Gasteiger partial charge is 0.254 e. The highest BCUT2D eigenvalue weighted by Gasteiger charge is 2.04. The standard InChI is InChI=1S/C11H8N2S/c1-8-5-9(6-12)7-13-11(8)10-3-2-4-14-10/h2-5,7H,1H3. The summed E-state index contributed by atoms with van der Waals surface area (Å²) < 4.78 is 0. The number of hydrogen-bond acceptors (Lipinski definition) is 3. The van der Waals surface area contributed by atoms with Crippen LogP contribution < -0.4 is 0 Å². The summed E-state index contributed by atoms with van der Waals surface area (Å²) in [5.41, 5.74) is 2.63. The van der Waals surface area contributed by atoms with Crippen LogP contribution in [0.3, 0.4) is 0 Å². The molecule has 0 aliphatic carbocycles. The molecule has 0 aliphatic rings. The molecule has 0 unspecified atom stereocenters. The minimum absolute atomic E-state index is 0.614. The van der Waals surface area contributed by atoms with Gasteiger partial charge in [0.1, 0.15) is 6.07 Å². The second kappa shape index (κ2) is 3.60. The quantitative estimate of drug-likeness (QED) is 0.709. The summed E-state index contributed by atoms with van der Waals surface area (Å²) in [5, 5.41) is 10.7. The van der Waals surface area contributed by atoms with Gasteiger partial charge in [-0.15, -0.1) is 11.3 Å². The van der Waals surface area contributed by atoms with Gasteiger partial charge in [-0.2, -0.15) is 5.26 Å². The smallest absolute Gasteiger partial charge is 0.101 e. The molecule has 0 bridgehead atoms. The summed E-state index contributed by atoms with van der Waals surface area (Å²) in [6.07, 6.45) is 1.61. The van der Waals surface area contributed by atoms with Gasteiger partial charge in [-0.1, -0.05) is 6.07 Å². The molecule has 0 aromatic carbocycles. The number of hydrogen-bond donors (Lipinski definition) is 0. The predicted molar refractivity (Wildman–Crippen MR) is 57.0 cm³/mol. The first-order chi connectivity index (χ1) is 6.81. The van der Waals surface area contributed by atoms with Crippen LogP contribution in [0.5, 0.6) is 0 Å². The Morgan fingerprint density at radius 2 is 2.36 bits per heavy atom. The number of pyridine rings is 1. The molecule has 0 amide bonds. The summed E-state index contributed by atoms with van der Waals surface area (Å²) in [7, 11) is 0. The molecule has 0 atom stereocenters. The first-order valence-electron chi connectivity index (χ1n) is 4.22. The maximum atomic E-state index is 8.70. The van der Waals surface area contributed by atoms with Crippen LogP contribution in [0.25, 0.3) is 10.6 Å². The van der Waals surface area contributed by atoms with Crippen molar-refractivity contribution in [2.45, 2.75) is 6.92 Å². The van der Waals surface area contributed by atoms with E-state index >= 15 is 0 Å². The lowest BCUT2D eigenvalue weighted by atomic mass is 10.1. The van der Waals surface area contributed by atoms with Gasteiger partial charge in [-0.25, -0.2) is 0 Å². The van der Waals surface area contributed by atoms with E-state index < -0.39 is 0 Å². The normalized spacial score (nSPS) is 9.71. The lowest BCUT2D eigenvalue weighted by Gasteiger charge is -2.01. The van der Waals surface area contributed by atoms with Crippen molar-refractivity contribution < 1.29 is 0 Å². The third-order valence-corrected chi connectivity index (χ3v) is 2.84. The van der Waals surface area contributed by atoms with Gasteiger partial charge in [0.25, 0.3) is 0 Å². The van der Waals surface area contributed by atoms with Crippen LogP contribution in [0.1, 0.15) is 11.1 Å². The third-order valence-electron chi connectivity index (χ3n) is 1.96. The van der Waals surface area contributed by atoms with Crippen LogP contribution in [0, 0.1) is 18.3 Å². The zero-order chi connectivity index (χ0) is 9.97. The van der Waals surface area contributed by atoms with Crippen LogP contribution in [-0.4, -0.2) is 4.98 Å². The predicted octanol–water partition coefficient (Wildman–Crippen LogP) is 2.99. The fourth-order valence-corrected chi connectivity index (χ4v) is 2.09. The van der Waals surface area contributed by atoms with E-state index in [9.17, 15) is 0 Å². The monoisotopic (exact) mass is 200 g/mol. The minimum atomic E-state index is 0.614. The number of aryl methyl sites for hydroxylation is 1. The number of nitriles is 1. The Morgan fingerprint density at radius 1 is 1.50 bits per heavy atom. The Kier molecular flexibility index (Phi) is 2.30. The Morgan fingerprint density at radius 3 is 2.93 bits per heavy atom. The van der Waals surface area contributed by atoms with E-state index in [1.54, 1.807) is 17.5 Å². The molecule has 14 heavy (non-hydrogen) atoms. The fraction of sp³-hybridized carbons (Fsp3) is 0.0909. The van der Waals surface area contributed by atoms with E-state index in [0.29, 0.717) is 5.56 Å². The topological polar surface area (TPSA) is 36.7 Å². The molecule has 3 heteroatoms. The summed E-state index contributed by atoms with van der Waals surface area (Å²) in [5.74, 6) is 0. The Bertz CT molecular complexity index is 480. The summed E-state index contributed by atoms with van der Waals surface area (Å²) in [4.78, 5) is 5.42. The average Bonchev–Trinajstić information content (AvgIpc) is 2.70. The fourth-order valence-electron chi connectivity index (χ4n) is 1.31. The zero-order valence-corrected chi connectivity index (χ0v) is 8.51. The van der Waals surface area contributed by atoms with Gasteiger partial charge in [0, 0.05) is 6.20 Å². The summed E-state index contributed by atoms with van der Waals surface area (Å²) >= 11 is 1.66. The summed E-state index contributed by atoms with van der Waals surface area (Å²) in [6.45, 7) is 1.98. The molecule has 0 N–H and O–H groups in total. The minimum Gasteiger partial charge on any atom is -0.254 e. The van der Waals surface area contributed by atoms with Crippen LogP contribution in [-0.2, 0) is 0 Å². The van der Waals surface area contributed by atoms with Crippen LogP contribution >= 0.6 is 11.3 Å². The van der Waals surface area contributed by atoms with Crippen LogP contribution in [0.4, 0.5) is 0 Å². The molecule has 2 aromatic heterocycles. The molecule has 0 spiro atoms. The van der Waals surface area contributed by atoms with Gasteiger partial charge in [-0.3, -0.25) is 4.98 Å². The number of rotatable bonds is 1. The van der Waals surface area contributed by atoms with Crippen molar-refractivity contribution in [3.63, 3.8) is 0 Å². The molecule has 0 saturated carbocycles. The van der Waals surface area contributed by atoms with Crippen LogP contribution in [0.2, 0.25) is 0 Å². The van der Waals surface area contributed by atoms with E-state index in [1.165, 1.54) is 0 Å². The van der Waals surface area contributed by atoms with E-state index in [-0.39, 0.29) is 0 Å². The Balaban J connectivity index is 2.52. The molecule has 2 rings (SSSR count). The van der Waals surface area contributed by atoms with Crippen molar-refractivity contribution in [3.05, 3.63) is 40.9 Å². The van der Waals surface area contributed by atoms with Gasteiger partial charge >= 0.3 is 0 Å². The first kappa shape index (κ1) is 8.92. The van der Waals surface area contributed by atoms with Gasteiger partial charge in [0.2, 0.25) is 0 Å². The van der Waals surface area contributed by atoms with Crippen LogP contribution in [0.15, 0.2) is 29.8 Å². The second-order valence-corrected chi connectivity index (χ2v) is 3.93. The summed E-state index contributed by atoms with van der Waals surface area (Å²) in [6, 6.07) is 7.98. The van der Waals surface area contributed by atoms with Gasteiger partial charge in [0.05, 0.1) is 16.1 Å². The first-order valence-corrected chi connectivity index (χ1v) is 5.10. The number of nitrogens with zero attached hydrogens (tertiary/aromatic N) is 2. The highest BCUT2D eigenvalue weighted by Crippen LogP contribution is 2.25. The van der Waals surface area contributed by atoms with Crippen molar-refractivity contribution in [2.75, 3.05) is 0 Å². The SMILES string of the molecule is Cc1cc(C#N)cnc1-c1cccs1. The Hall–Kier alpha value is -1.66. The van der Waals surface area contributed by atoms with Gasteiger partial charge in [-0.05, 0) is 30.0 Å². The van der Waals surface area contributed by atoms with Crippen molar-refractivity contribution in [1.82, 2.24) is 4.98 Å². The molecular weight excluding hydrogens is 192 g/mol. The number of aromatic nitrogens is 1. The molecule has 2 nitrogen and oxygen atoms in total. The lowest BCUT2D eigenvalue weighted by Crippen LogP contribution is -1.87. The van der Waals surface area contributed by atoms with Crippen molar-refractivity contribution in [3.8, 4) is 16.6 Å². The highest BCUT2D eigenvalue weighted by atomic mass is 32.1.